The summed E-state index contributed by atoms with van der Waals surface area (Å²) in [5.41, 5.74) is 7.07. The van der Waals surface area contributed by atoms with Crippen LogP contribution in [0.15, 0.2) is 144 Å². The number of thiophene rings is 1. The Morgan fingerprint density at radius 2 is 0.977 bits per heavy atom. The largest absolute Gasteiger partial charge is 0.456 e. The smallest absolute Gasteiger partial charge is 0.164 e. The van der Waals surface area contributed by atoms with E-state index >= 15 is 0 Å². The molecule has 0 aliphatic heterocycles. The number of hydrogen-bond acceptors (Lipinski definition) is 5. The molecule has 0 fully saturated rings. The molecular formula is C39H23N3OS. The van der Waals surface area contributed by atoms with Crippen LogP contribution in [0.25, 0.3) is 87.4 Å². The zero-order chi connectivity index (χ0) is 29.0. The van der Waals surface area contributed by atoms with E-state index in [1.54, 1.807) is 0 Å². The van der Waals surface area contributed by atoms with Crippen LogP contribution < -0.4 is 0 Å². The molecule has 5 heteroatoms. The van der Waals surface area contributed by atoms with Crippen LogP contribution in [0, 0.1) is 0 Å². The van der Waals surface area contributed by atoms with Gasteiger partial charge in [-0.1, -0.05) is 121 Å². The number of rotatable bonds is 4. The van der Waals surface area contributed by atoms with Crippen LogP contribution in [0.2, 0.25) is 0 Å². The van der Waals surface area contributed by atoms with E-state index in [1.807, 2.05) is 84.1 Å². The first-order chi connectivity index (χ1) is 21.8. The van der Waals surface area contributed by atoms with Crippen molar-refractivity contribution in [1.82, 2.24) is 15.0 Å². The molecule has 0 atom stereocenters. The lowest BCUT2D eigenvalue weighted by Gasteiger charge is -2.10. The van der Waals surface area contributed by atoms with E-state index in [4.69, 9.17) is 19.4 Å². The second-order valence-electron chi connectivity index (χ2n) is 10.8. The van der Waals surface area contributed by atoms with Gasteiger partial charge in [-0.3, -0.25) is 0 Å². The van der Waals surface area contributed by atoms with Crippen LogP contribution >= 0.6 is 11.3 Å². The number of para-hydroxylation sites is 1. The van der Waals surface area contributed by atoms with E-state index in [2.05, 4.69) is 66.7 Å². The normalized spacial score (nSPS) is 11.6. The minimum Gasteiger partial charge on any atom is -0.456 e. The highest BCUT2D eigenvalue weighted by molar-refractivity contribution is 7.26. The number of aromatic nitrogens is 3. The van der Waals surface area contributed by atoms with Gasteiger partial charge in [0, 0.05) is 53.2 Å². The van der Waals surface area contributed by atoms with Crippen molar-refractivity contribution in [1.29, 1.82) is 0 Å². The lowest BCUT2D eigenvalue weighted by Crippen LogP contribution is -2.00. The number of hydrogen-bond donors (Lipinski definition) is 0. The van der Waals surface area contributed by atoms with E-state index in [-0.39, 0.29) is 0 Å². The van der Waals surface area contributed by atoms with Gasteiger partial charge in [-0.15, -0.1) is 11.3 Å². The van der Waals surface area contributed by atoms with Crippen LogP contribution in [0.3, 0.4) is 0 Å². The Morgan fingerprint density at radius 3 is 1.75 bits per heavy atom. The highest BCUT2D eigenvalue weighted by Crippen LogP contribution is 2.46. The summed E-state index contributed by atoms with van der Waals surface area (Å²) in [4.78, 5) is 15.0. The summed E-state index contributed by atoms with van der Waals surface area (Å²) in [6, 6.07) is 47.9. The molecule has 0 amide bonds. The van der Waals surface area contributed by atoms with Gasteiger partial charge in [-0.25, -0.2) is 15.0 Å². The summed E-state index contributed by atoms with van der Waals surface area (Å²) in [5.74, 6) is 1.98. The van der Waals surface area contributed by atoms with Crippen LogP contribution in [-0.4, -0.2) is 15.0 Å². The molecule has 4 nitrogen and oxygen atoms in total. The first kappa shape index (κ1) is 24.9. The average Bonchev–Trinajstić information content (AvgIpc) is 3.68. The minimum absolute atomic E-state index is 0.658. The highest BCUT2D eigenvalue weighted by atomic mass is 32.1. The second kappa shape index (κ2) is 9.97. The predicted molar refractivity (Wildman–Crippen MR) is 182 cm³/mol. The molecule has 0 saturated heterocycles. The van der Waals surface area contributed by atoms with E-state index in [0.29, 0.717) is 17.5 Å². The Hall–Kier alpha value is -5.65. The van der Waals surface area contributed by atoms with Crippen LogP contribution in [0.5, 0.6) is 0 Å². The first-order valence-corrected chi connectivity index (χ1v) is 15.4. The van der Waals surface area contributed by atoms with Crippen LogP contribution in [0.1, 0.15) is 0 Å². The molecule has 0 spiro atoms. The van der Waals surface area contributed by atoms with E-state index in [9.17, 15) is 0 Å². The zero-order valence-electron chi connectivity index (χ0n) is 23.4. The SMILES string of the molecule is c1ccc(-c2nc(-c3ccccc3)nc(-c3cccc4sc5c(-c6cccc7oc8ccccc8c67)cccc5c34)n2)cc1. The number of furan rings is 1. The number of benzene rings is 6. The van der Waals surface area contributed by atoms with Gasteiger partial charge in [0.2, 0.25) is 0 Å². The molecule has 0 radical (unpaired) electrons. The number of fused-ring (bicyclic) bond motifs is 6. The summed E-state index contributed by atoms with van der Waals surface area (Å²) in [5, 5.41) is 4.61. The topological polar surface area (TPSA) is 51.8 Å². The monoisotopic (exact) mass is 581 g/mol. The van der Waals surface area contributed by atoms with Crippen molar-refractivity contribution >= 4 is 53.4 Å². The highest BCUT2D eigenvalue weighted by Gasteiger charge is 2.20. The predicted octanol–water partition coefficient (Wildman–Crippen LogP) is 10.8. The molecule has 206 valence electrons. The molecule has 9 rings (SSSR count). The Bertz CT molecular complexity index is 2440. The summed E-state index contributed by atoms with van der Waals surface area (Å²) in [7, 11) is 0. The quantitative estimate of drug-likeness (QED) is 0.207. The van der Waals surface area contributed by atoms with Crippen molar-refractivity contribution in [3.8, 4) is 45.3 Å². The van der Waals surface area contributed by atoms with Gasteiger partial charge in [0.15, 0.2) is 17.5 Å². The van der Waals surface area contributed by atoms with E-state index < -0.39 is 0 Å². The first-order valence-electron chi connectivity index (χ1n) is 14.5. The van der Waals surface area contributed by atoms with Crippen molar-refractivity contribution in [3.63, 3.8) is 0 Å². The molecule has 0 aliphatic carbocycles. The van der Waals surface area contributed by atoms with Crippen molar-refractivity contribution in [2.75, 3.05) is 0 Å². The molecule has 6 aromatic carbocycles. The third-order valence-electron chi connectivity index (χ3n) is 8.16. The third-order valence-corrected chi connectivity index (χ3v) is 9.36. The summed E-state index contributed by atoms with van der Waals surface area (Å²) in [6.07, 6.45) is 0. The van der Waals surface area contributed by atoms with Gasteiger partial charge < -0.3 is 4.42 Å². The maximum absolute atomic E-state index is 6.24. The molecule has 44 heavy (non-hydrogen) atoms. The fraction of sp³-hybridized carbons (Fsp3) is 0. The molecule has 9 aromatic rings. The summed E-state index contributed by atoms with van der Waals surface area (Å²) < 4.78 is 8.66. The molecular weight excluding hydrogens is 559 g/mol. The molecule has 3 heterocycles. The summed E-state index contributed by atoms with van der Waals surface area (Å²) >= 11 is 1.81. The minimum atomic E-state index is 0.658. The Kier molecular flexibility index (Phi) is 5.64. The van der Waals surface area contributed by atoms with Gasteiger partial charge in [-0.05, 0) is 23.8 Å². The average molecular weight is 582 g/mol. The zero-order valence-corrected chi connectivity index (χ0v) is 24.3. The van der Waals surface area contributed by atoms with Gasteiger partial charge >= 0.3 is 0 Å². The molecule has 0 aliphatic rings. The van der Waals surface area contributed by atoms with Crippen molar-refractivity contribution in [2.45, 2.75) is 0 Å². The fourth-order valence-corrected chi connectivity index (χ4v) is 7.43. The molecule has 0 saturated carbocycles. The van der Waals surface area contributed by atoms with Crippen molar-refractivity contribution in [3.05, 3.63) is 140 Å². The van der Waals surface area contributed by atoms with Crippen molar-refractivity contribution in [2.24, 2.45) is 0 Å². The van der Waals surface area contributed by atoms with Crippen LogP contribution in [-0.2, 0) is 0 Å². The van der Waals surface area contributed by atoms with Gasteiger partial charge in [-0.2, -0.15) is 0 Å². The Balaban J connectivity index is 1.31. The van der Waals surface area contributed by atoms with Gasteiger partial charge in [0.25, 0.3) is 0 Å². The molecule has 3 aromatic heterocycles. The van der Waals surface area contributed by atoms with Gasteiger partial charge in [0.1, 0.15) is 11.2 Å². The molecule has 0 unspecified atom stereocenters. The van der Waals surface area contributed by atoms with E-state index in [1.165, 1.54) is 25.9 Å². The van der Waals surface area contributed by atoms with E-state index in [0.717, 1.165) is 44.0 Å². The lowest BCUT2D eigenvalue weighted by atomic mass is 9.97. The van der Waals surface area contributed by atoms with Crippen LogP contribution in [0.4, 0.5) is 0 Å². The standard InChI is InChI=1S/C39H23N3OS/c1-3-12-24(13-4-1)37-40-38(25-14-5-2-6-15-25)42-39(41-37)30-20-11-23-33-35(30)29-19-9-18-27(36(29)44-33)26-17-10-22-32-34(26)28-16-7-8-21-31(28)43-32/h1-23H. The van der Waals surface area contributed by atoms with Crippen molar-refractivity contribution < 1.29 is 4.42 Å². The lowest BCUT2D eigenvalue weighted by molar-refractivity contribution is 0.669. The molecule has 0 N–H and O–H groups in total. The number of nitrogens with zero attached hydrogens (tertiary/aromatic N) is 3. The van der Waals surface area contributed by atoms with Gasteiger partial charge in [0.05, 0.1) is 0 Å². The maximum Gasteiger partial charge on any atom is 0.164 e. The third kappa shape index (κ3) is 3.94. The Labute approximate surface area is 256 Å². The Morgan fingerprint density at radius 1 is 0.409 bits per heavy atom. The fourth-order valence-electron chi connectivity index (χ4n) is 6.17. The molecule has 0 bridgehead atoms. The summed E-state index contributed by atoms with van der Waals surface area (Å²) in [6.45, 7) is 0. The second-order valence-corrected chi connectivity index (χ2v) is 11.8. The maximum atomic E-state index is 6.24.